The second-order valence-electron chi connectivity index (χ2n) is 4.63. The second-order valence-corrected chi connectivity index (χ2v) is 4.63. The molecule has 0 aromatic heterocycles. The summed E-state index contributed by atoms with van der Waals surface area (Å²) in [7, 11) is 1.37. The van der Waals surface area contributed by atoms with Gasteiger partial charge in [-0.2, -0.15) is 0 Å². The zero-order chi connectivity index (χ0) is 15.7. The third kappa shape index (κ3) is 6.25. The lowest BCUT2D eigenvalue weighted by molar-refractivity contribution is -0.144. The van der Waals surface area contributed by atoms with E-state index in [0.717, 1.165) is 5.56 Å². The second kappa shape index (κ2) is 8.94. The fraction of sp³-hybridized carbons (Fsp3) is 0.467. The minimum Gasteiger partial charge on any atom is -0.469 e. The number of nitrogens with one attached hydrogen (secondary N) is 2. The number of methoxy groups -OCH3 is 1. The summed E-state index contributed by atoms with van der Waals surface area (Å²) in [5.41, 5.74) is 0.912. The van der Waals surface area contributed by atoms with Gasteiger partial charge in [-0.25, -0.2) is 9.38 Å². The van der Waals surface area contributed by atoms with Gasteiger partial charge in [-0.05, 0) is 24.6 Å². The van der Waals surface area contributed by atoms with Crippen molar-refractivity contribution in [3.05, 3.63) is 35.6 Å². The molecule has 116 valence electrons. The normalized spacial score (nSPS) is 12.7. The highest BCUT2D eigenvalue weighted by atomic mass is 19.1. The summed E-state index contributed by atoms with van der Waals surface area (Å²) < 4.78 is 17.5. The molecule has 21 heavy (non-hydrogen) atoms. The molecular weight excluding hydrogens is 273 g/mol. The van der Waals surface area contributed by atoms with Gasteiger partial charge in [0.15, 0.2) is 5.96 Å². The fourth-order valence-electron chi connectivity index (χ4n) is 1.64. The SMILES string of the molecule is CCNC(=NCc1ccc(F)cc1)NCC(C)C(=O)OC. The van der Waals surface area contributed by atoms with Crippen LogP contribution in [-0.4, -0.2) is 32.1 Å². The predicted molar refractivity (Wildman–Crippen MR) is 80.4 cm³/mol. The zero-order valence-corrected chi connectivity index (χ0v) is 12.6. The van der Waals surface area contributed by atoms with Crippen LogP contribution in [-0.2, 0) is 16.1 Å². The van der Waals surface area contributed by atoms with Crippen LogP contribution in [0.5, 0.6) is 0 Å². The van der Waals surface area contributed by atoms with Gasteiger partial charge in [0.1, 0.15) is 5.82 Å². The van der Waals surface area contributed by atoms with Crippen molar-refractivity contribution in [1.29, 1.82) is 0 Å². The Kier molecular flexibility index (Phi) is 7.21. The van der Waals surface area contributed by atoms with Crippen molar-refractivity contribution < 1.29 is 13.9 Å². The van der Waals surface area contributed by atoms with Crippen LogP contribution in [0.4, 0.5) is 4.39 Å². The van der Waals surface area contributed by atoms with Gasteiger partial charge in [0.05, 0.1) is 19.6 Å². The van der Waals surface area contributed by atoms with Crippen LogP contribution in [0.2, 0.25) is 0 Å². The lowest BCUT2D eigenvalue weighted by Crippen LogP contribution is -2.40. The molecule has 1 rings (SSSR count). The average Bonchev–Trinajstić information content (AvgIpc) is 2.50. The van der Waals surface area contributed by atoms with Crippen molar-refractivity contribution in [3.8, 4) is 0 Å². The van der Waals surface area contributed by atoms with E-state index < -0.39 is 0 Å². The number of nitrogens with zero attached hydrogens (tertiary/aromatic N) is 1. The number of halogens is 1. The molecular formula is C15H22FN3O2. The molecule has 2 N–H and O–H groups in total. The van der Waals surface area contributed by atoms with Gasteiger partial charge in [0, 0.05) is 13.1 Å². The molecule has 0 aliphatic heterocycles. The minimum absolute atomic E-state index is 0.260. The molecule has 0 aliphatic carbocycles. The van der Waals surface area contributed by atoms with Crippen molar-refractivity contribution in [1.82, 2.24) is 10.6 Å². The van der Waals surface area contributed by atoms with E-state index >= 15 is 0 Å². The molecule has 0 saturated carbocycles. The topological polar surface area (TPSA) is 62.7 Å². The van der Waals surface area contributed by atoms with Gasteiger partial charge in [0.25, 0.3) is 0 Å². The van der Waals surface area contributed by atoms with Crippen LogP contribution in [0, 0.1) is 11.7 Å². The molecule has 0 amide bonds. The Bertz CT molecular complexity index is 474. The third-order valence-corrected chi connectivity index (χ3v) is 2.86. The molecule has 1 aromatic rings. The van der Waals surface area contributed by atoms with Crippen molar-refractivity contribution in [3.63, 3.8) is 0 Å². The summed E-state index contributed by atoms with van der Waals surface area (Å²) in [6.45, 7) is 5.31. The number of hydrogen-bond acceptors (Lipinski definition) is 3. The van der Waals surface area contributed by atoms with Crippen LogP contribution in [0.1, 0.15) is 19.4 Å². The van der Waals surface area contributed by atoms with Gasteiger partial charge >= 0.3 is 5.97 Å². The first-order valence-corrected chi connectivity index (χ1v) is 6.91. The van der Waals surface area contributed by atoms with E-state index in [1.54, 1.807) is 19.1 Å². The number of hydrogen-bond donors (Lipinski definition) is 2. The number of carbonyl (C=O) groups is 1. The largest absolute Gasteiger partial charge is 0.469 e. The molecule has 0 radical (unpaired) electrons. The maximum absolute atomic E-state index is 12.8. The molecule has 0 bridgehead atoms. The maximum Gasteiger partial charge on any atom is 0.310 e. The molecule has 0 fully saturated rings. The molecule has 0 heterocycles. The lowest BCUT2D eigenvalue weighted by atomic mass is 10.2. The van der Waals surface area contributed by atoms with Gasteiger partial charge in [0.2, 0.25) is 0 Å². The molecule has 6 heteroatoms. The molecule has 5 nitrogen and oxygen atoms in total. The van der Waals surface area contributed by atoms with Crippen LogP contribution in [0.25, 0.3) is 0 Å². The Hall–Kier alpha value is -2.11. The summed E-state index contributed by atoms with van der Waals surface area (Å²) in [6, 6.07) is 6.20. The van der Waals surface area contributed by atoms with Gasteiger partial charge in [-0.1, -0.05) is 19.1 Å². The molecule has 0 aliphatic rings. The summed E-state index contributed by atoms with van der Waals surface area (Å²) in [5.74, 6) is -0.182. The number of benzene rings is 1. The first-order chi connectivity index (χ1) is 10.1. The number of aliphatic imine (C=N–C) groups is 1. The highest BCUT2D eigenvalue weighted by molar-refractivity contribution is 5.80. The van der Waals surface area contributed by atoms with Crippen LogP contribution < -0.4 is 10.6 Å². The first kappa shape index (κ1) is 16.9. The van der Waals surface area contributed by atoms with E-state index in [2.05, 4.69) is 20.4 Å². The van der Waals surface area contributed by atoms with E-state index in [1.165, 1.54) is 19.2 Å². The number of ether oxygens (including phenoxy) is 1. The monoisotopic (exact) mass is 295 g/mol. The van der Waals surface area contributed by atoms with Crippen LogP contribution >= 0.6 is 0 Å². The Balaban J connectivity index is 2.57. The smallest absolute Gasteiger partial charge is 0.310 e. The van der Waals surface area contributed by atoms with Crippen molar-refractivity contribution in [2.75, 3.05) is 20.2 Å². The fourth-order valence-corrected chi connectivity index (χ4v) is 1.64. The number of rotatable bonds is 6. The lowest BCUT2D eigenvalue weighted by Gasteiger charge is -2.14. The van der Waals surface area contributed by atoms with Crippen molar-refractivity contribution in [2.24, 2.45) is 10.9 Å². The maximum atomic E-state index is 12.8. The number of guanidine groups is 1. The molecule has 1 unspecified atom stereocenters. The minimum atomic E-state index is -0.267. The van der Waals surface area contributed by atoms with E-state index in [0.29, 0.717) is 25.6 Å². The van der Waals surface area contributed by atoms with Gasteiger partial charge < -0.3 is 15.4 Å². The summed E-state index contributed by atoms with van der Waals surface area (Å²) in [6.07, 6.45) is 0. The Morgan fingerprint density at radius 3 is 2.57 bits per heavy atom. The molecule has 0 saturated heterocycles. The zero-order valence-electron chi connectivity index (χ0n) is 12.6. The van der Waals surface area contributed by atoms with Crippen molar-refractivity contribution in [2.45, 2.75) is 20.4 Å². The van der Waals surface area contributed by atoms with E-state index in [9.17, 15) is 9.18 Å². The Morgan fingerprint density at radius 1 is 1.33 bits per heavy atom. The third-order valence-electron chi connectivity index (χ3n) is 2.86. The highest BCUT2D eigenvalue weighted by Crippen LogP contribution is 2.04. The molecule has 1 aromatic carbocycles. The van der Waals surface area contributed by atoms with Crippen molar-refractivity contribution >= 4 is 11.9 Å². The Morgan fingerprint density at radius 2 is 2.00 bits per heavy atom. The summed E-state index contributed by atoms with van der Waals surface area (Å²) in [5, 5.41) is 6.17. The standard InChI is InChI=1S/C15H22FN3O2/c1-4-17-15(18-9-11(2)14(20)21-3)19-10-12-5-7-13(16)8-6-12/h5-8,11H,4,9-10H2,1-3H3,(H2,17,18,19). The number of esters is 1. The first-order valence-electron chi connectivity index (χ1n) is 6.91. The summed E-state index contributed by atoms with van der Waals surface area (Å²) in [4.78, 5) is 15.7. The van der Waals surface area contributed by atoms with E-state index in [1.807, 2.05) is 6.92 Å². The highest BCUT2D eigenvalue weighted by Gasteiger charge is 2.13. The quantitative estimate of drug-likeness (QED) is 0.476. The predicted octanol–water partition coefficient (Wildman–Crippen LogP) is 1.69. The Labute approximate surface area is 124 Å². The van der Waals surface area contributed by atoms with Crippen LogP contribution in [0.15, 0.2) is 29.3 Å². The van der Waals surface area contributed by atoms with E-state index in [-0.39, 0.29) is 17.7 Å². The summed E-state index contributed by atoms with van der Waals surface area (Å²) >= 11 is 0. The van der Waals surface area contributed by atoms with Crippen LogP contribution in [0.3, 0.4) is 0 Å². The average molecular weight is 295 g/mol. The molecule has 0 spiro atoms. The van der Waals surface area contributed by atoms with E-state index in [4.69, 9.17) is 0 Å². The number of carbonyl (C=O) groups excluding carboxylic acids is 1. The van der Waals surface area contributed by atoms with Gasteiger partial charge in [-0.3, -0.25) is 4.79 Å². The molecule has 1 atom stereocenters. The van der Waals surface area contributed by atoms with Gasteiger partial charge in [-0.15, -0.1) is 0 Å².